The fourth-order valence-electron chi connectivity index (χ4n) is 3.37. The molecule has 1 heterocycles. The van der Waals surface area contributed by atoms with Gasteiger partial charge < -0.3 is 19.7 Å². The Balaban J connectivity index is 1.53. The maximum Gasteiger partial charge on any atom is 0.340 e. The monoisotopic (exact) mass is 369 g/mol. The lowest BCUT2D eigenvalue weighted by atomic mass is 10.1. The smallest absolute Gasteiger partial charge is 0.340 e. The second-order valence-corrected chi connectivity index (χ2v) is 6.47. The Morgan fingerprint density at radius 1 is 1.00 bits per heavy atom. The summed E-state index contributed by atoms with van der Waals surface area (Å²) in [6.45, 7) is 5.72. The van der Waals surface area contributed by atoms with Gasteiger partial charge in [-0.25, -0.2) is 4.79 Å². The van der Waals surface area contributed by atoms with Crippen LogP contribution in [0.25, 0.3) is 0 Å². The zero-order chi connectivity index (χ0) is 19.1. The largest absolute Gasteiger partial charge is 0.495 e. The minimum atomic E-state index is -0.368. The van der Waals surface area contributed by atoms with Crippen LogP contribution in [0.15, 0.2) is 48.5 Å². The molecule has 2 aromatic carbocycles. The molecular weight excluding hydrogens is 342 g/mol. The van der Waals surface area contributed by atoms with Gasteiger partial charge in [-0.1, -0.05) is 24.3 Å². The van der Waals surface area contributed by atoms with Gasteiger partial charge in [0.15, 0.2) is 0 Å². The number of carbonyl (C=O) groups is 1. The van der Waals surface area contributed by atoms with Gasteiger partial charge in [-0.15, -0.1) is 0 Å². The average Bonchev–Trinajstić information content (AvgIpc) is 2.74. The Morgan fingerprint density at radius 2 is 1.74 bits per heavy atom. The van der Waals surface area contributed by atoms with Crippen LogP contribution in [0.1, 0.15) is 10.4 Å². The first-order chi connectivity index (χ1) is 13.2. The summed E-state index contributed by atoms with van der Waals surface area (Å²) in [7, 11) is 2.99. The van der Waals surface area contributed by atoms with Gasteiger partial charge in [-0.2, -0.15) is 0 Å². The predicted molar refractivity (Wildman–Crippen MR) is 108 cm³/mol. The minimum Gasteiger partial charge on any atom is -0.495 e. The van der Waals surface area contributed by atoms with Gasteiger partial charge in [0.2, 0.25) is 0 Å². The van der Waals surface area contributed by atoms with Crippen LogP contribution in [0.2, 0.25) is 0 Å². The summed E-state index contributed by atoms with van der Waals surface area (Å²) in [5, 5.41) is 3.36. The molecule has 1 aliphatic rings. The van der Waals surface area contributed by atoms with Crippen LogP contribution in [0, 0.1) is 0 Å². The van der Waals surface area contributed by atoms with E-state index in [0.29, 0.717) is 17.0 Å². The normalized spacial score (nSPS) is 14.7. The van der Waals surface area contributed by atoms with Gasteiger partial charge in [-0.3, -0.25) is 4.90 Å². The van der Waals surface area contributed by atoms with Crippen molar-refractivity contribution in [1.29, 1.82) is 0 Å². The Hall–Kier alpha value is -2.73. The first-order valence-electron chi connectivity index (χ1n) is 9.24. The number of nitrogens with zero attached hydrogens (tertiary/aromatic N) is 2. The molecule has 0 aliphatic carbocycles. The quantitative estimate of drug-likeness (QED) is 0.758. The van der Waals surface area contributed by atoms with Crippen molar-refractivity contribution in [2.24, 2.45) is 0 Å². The molecule has 1 N–H and O–H groups in total. The SMILES string of the molecule is COC(=O)c1cccc(OC)c1NCCN1CCN(c2ccccc2)CC1. The number of carbonyl (C=O) groups excluding carboxylic acids is 1. The van der Waals surface area contributed by atoms with Crippen molar-refractivity contribution in [1.82, 2.24) is 4.90 Å². The van der Waals surface area contributed by atoms with Crippen LogP contribution >= 0.6 is 0 Å². The number of hydrogen-bond acceptors (Lipinski definition) is 6. The van der Waals surface area contributed by atoms with Crippen LogP contribution in [0.3, 0.4) is 0 Å². The molecule has 0 aromatic heterocycles. The Bertz CT molecular complexity index is 744. The van der Waals surface area contributed by atoms with Crippen LogP contribution in [-0.4, -0.2) is 64.4 Å². The summed E-state index contributed by atoms with van der Waals surface area (Å²) < 4.78 is 10.3. The second-order valence-electron chi connectivity index (χ2n) is 6.47. The lowest BCUT2D eigenvalue weighted by molar-refractivity contribution is 0.0601. The Kier molecular flexibility index (Phi) is 6.54. The fourth-order valence-corrected chi connectivity index (χ4v) is 3.37. The van der Waals surface area contributed by atoms with Gasteiger partial charge >= 0.3 is 5.97 Å². The molecule has 3 rings (SSSR count). The van der Waals surface area contributed by atoms with E-state index < -0.39 is 0 Å². The highest BCUT2D eigenvalue weighted by Crippen LogP contribution is 2.28. The van der Waals surface area contributed by atoms with Gasteiger partial charge in [0.05, 0.1) is 25.5 Å². The predicted octanol–water partition coefficient (Wildman–Crippen LogP) is 2.72. The minimum absolute atomic E-state index is 0.368. The van der Waals surface area contributed by atoms with E-state index in [4.69, 9.17) is 9.47 Å². The first-order valence-corrected chi connectivity index (χ1v) is 9.24. The number of ether oxygens (including phenoxy) is 2. The summed E-state index contributed by atoms with van der Waals surface area (Å²) in [5.74, 6) is 0.277. The van der Waals surface area contributed by atoms with E-state index in [1.54, 1.807) is 19.2 Å². The van der Waals surface area contributed by atoms with Crippen molar-refractivity contribution < 1.29 is 14.3 Å². The molecule has 1 saturated heterocycles. The van der Waals surface area contributed by atoms with Gasteiger partial charge in [0, 0.05) is 45.0 Å². The molecule has 1 fully saturated rings. The summed E-state index contributed by atoms with van der Waals surface area (Å²) in [6, 6.07) is 15.9. The van der Waals surface area contributed by atoms with Crippen molar-refractivity contribution in [3.63, 3.8) is 0 Å². The van der Waals surface area contributed by atoms with E-state index in [1.807, 2.05) is 12.1 Å². The van der Waals surface area contributed by atoms with Crippen LogP contribution in [0.4, 0.5) is 11.4 Å². The van der Waals surface area contributed by atoms with E-state index in [-0.39, 0.29) is 5.97 Å². The zero-order valence-electron chi connectivity index (χ0n) is 16.0. The number of rotatable bonds is 7. The number of para-hydroxylation sites is 2. The lowest BCUT2D eigenvalue weighted by Gasteiger charge is -2.36. The highest BCUT2D eigenvalue weighted by molar-refractivity contribution is 5.97. The maximum absolute atomic E-state index is 12.0. The molecule has 1 aliphatic heterocycles. The number of hydrogen-bond donors (Lipinski definition) is 1. The van der Waals surface area contributed by atoms with Crippen molar-refractivity contribution >= 4 is 17.3 Å². The molecule has 0 spiro atoms. The van der Waals surface area contributed by atoms with Gasteiger partial charge in [0.25, 0.3) is 0 Å². The van der Waals surface area contributed by atoms with Crippen molar-refractivity contribution in [3.05, 3.63) is 54.1 Å². The number of esters is 1. The third-order valence-electron chi connectivity index (χ3n) is 4.87. The average molecular weight is 369 g/mol. The molecule has 2 aromatic rings. The third kappa shape index (κ3) is 4.71. The molecule has 0 radical (unpaired) electrons. The molecule has 0 bridgehead atoms. The topological polar surface area (TPSA) is 54.0 Å². The fraction of sp³-hybridized carbons (Fsp3) is 0.381. The molecule has 6 nitrogen and oxygen atoms in total. The summed E-state index contributed by atoms with van der Waals surface area (Å²) in [4.78, 5) is 16.9. The van der Waals surface area contributed by atoms with Crippen LogP contribution in [0.5, 0.6) is 5.75 Å². The molecule has 0 amide bonds. The highest BCUT2D eigenvalue weighted by atomic mass is 16.5. The number of anilines is 2. The summed E-state index contributed by atoms with van der Waals surface area (Å²) in [5.41, 5.74) is 2.47. The number of piperazine rings is 1. The number of methoxy groups -OCH3 is 2. The van der Waals surface area contributed by atoms with Crippen molar-refractivity contribution in [2.75, 3.05) is 63.7 Å². The van der Waals surface area contributed by atoms with Gasteiger partial charge in [0.1, 0.15) is 5.75 Å². The Labute approximate surface area is 160 Å². The van der Waals surface area contributed by atoms with Crippen molar-refractivity contribution in [2.45, 2.75) is 0 Å². The molecule has 6 heteroatoms. The molecular formula is C21H27N3O3. The highest BCUT2D eigenvalue weighted by Gasteiger charge is 2.18. The lowest BCUT2D eigenvalue weighted by Crippen LogP contribution is -2.47. The van der Waals surface area contributed by atoms with Crippen molar-refractivity contribution in [3.8, 4) is 5.75 Å². The third-order valence-corrected chi connectivity index (χ3v) is 4.87. The van der Waals surface area contributed by atoms with Gasteiger partial charge in [-0.05, 0) is 24.3 Å². The molecule has 0 saturated carbocycles. The zero-order valence-corrected chi connectivity index (χ0v) is 16.0. The first kappa shape index (κ1) is 19.0. The molecule has 0 atom stereocenters. The number of nitrogens with one attached hydrogen (secondary N) is 1. The molecule has 0 unspecified atom stereocenters. The second kappa shape index (κ2) is 9.28. The van der Waals surface area contributed by atoms with Crippen LogP contribution < -0.4 is 15.0 Å². The number of benzene rings is 2. The summed E-state index contributed by atoms with van der Waals surface area (Å²) in [6.07, 6.45) is 0. The Morgan fingerprint density at radius 3 is 2.41 bits per heavy atom. The standard InChI is InChI=1S/C21H27N3O3/c1-26-19-10-6-9-18(21(25)27-2)20(19)22-11-12-23-13-15-24(16-14-23)17-7-4-3-5-8-17/h3-10,22H,11-16H2,1-2H3. The van der Waals surface area contributed by atoms with Crippen LogP contribution in [-0.2, 0) is 4.74 Å². The maximum atomic E-state index is 12.0. The van der Waals surface area contributed by atoms with E-state index in [0.717, 1.165) is 39.3 Å². The van der Waals surface area contributed by atoms with E-state index in [2.05, 4.69) is 39.4 Å². The van der Waals surface area contributed by atoms with E-state index in [1.165, 1.54) is 12.8 Å². The molecule has 144 valence electrons. The van der Waals surface area contributed by atoms with E-state index >= 15 is 0 Å². The van der Waals surface area contributed by atoms with E-state index in [9.17, 15) is 4.79 Å². The molecule has 27 heavy (non-hydrogen) atoms. The summed E-state index contributed by atoms with van der Waals surface area (Å²) >= 11 is 0.